The summed E-state index contributed by atoms with van der Waals surface area (Å²) in [6.07, 6.45) is 1.75. The van der Waals surface area contributed by atoms with E-state index >= 15 is 0 Å². The number of nitrogen functional groups attached to an aromatic ring is 1. The van der Waals surface area contributed by atoms with Crippen LogP contribution in [0, 0.1) is 6.92 Å². The molecular formula is C19H18N4O. The van der Waals surface area contributed by atoms with E-state index in [9.17, 15) is 4.79 Å². The molecular weight excluding hydrogens is 300 g/mol. The number of nitrogens with zero attached hydrogens (tertiary/aromatic N) is 1. The van der Waals surface area contributed by atoms with Crippen molar-refractivity contribution >= 4 is 28.7 Å². The van der Waals surface area contributed by atoms with Crippen molar-refractivity contribution in [3.8, 4) is 0 Å². The van der Waals surface area contributed by atoms with Gasteiger partial charge in [-0.3, -0.25) is 9.78 Å². The molecule has 0 radical (unpaired) electrons. The maximum Gasteiger partial charge on any atom is 0.255 e. The Morgan fingerprint density at radius 3 is 2.50 bits per heavy atom. The van der Waals surface area contributed by atoms with Crippen molar-refractivity contribution in [2.45, 2.75) is 6.92 Å². The molecule has 0 bridgehead atoms. The first-order valence-corrected chi connectivity index (χ1v) is 7.57. The summed E-state index contributed by atoms with van der Waals surface area (Å²) in [5, 5.41) is 6.17. The summed E-state index contributed by atoms with van der Waals surface area (Å²) in [5.74, 6) is -0.195. The Morgan fingerprint density at radius 1 is 0.958 bits per heavy atom. The zero-order valence-electron chi connectivity index (χ0n) is 13.3. The highest BCUT2D eigenvalue weighted by molar-refractivity contribution is 6.05. The van der Waals surface area contributed by atoms with Gasteiger partial charge in [-0.1, -0.05) is 12.1 Å². The number of pyridine rings is 1. The third kappa shape index (κ3) is 3.89. The van der Waals surface area contributed by atoms with Gasteiger partial charge in [-0.2, -0.15) is 0 Å². The average molecular weight is 318 g/mol. The fourth-order valence-electron chi connectivity index (χ4n) is 2.35. The van der Waals surface area contributed by atoms with Gasteiger partial charge in [-0.05, 0) is 55.5 Å². The van der Waals surface area contributed by atoms with E-state index in [0.717, 1.165) is 17.1 Å². The Labute approximate surface area is 140 Å². The van der Waals surface area contributed by atoms with Crippen LogP contribution in [0.1, 0.15) is 16.1 Å². The number of anilines is 4. The molecule has 3 aromatic rings. The van der Waals surface area contributed by atoms with Crippen LogP contribution < -0.4 is 16.4 Å². The number of rotatable bonds is 4. The Balaban J connectivity index is 1.74. The molecule has 0 aliphatic heterocycles. The van der Waals surface area contributed by atoms with E-state index in [1.165, 1.54) is 0 Å². The van der Waals surface area contributed by atoms with Crippen LogP contribution in [0.25, 0.3) is 0 Å². The summed E-state index contributed by atoms with van der Waals surface area (Å²) >= 11 is 0. The predicted octanol–water partition coefficient (Wildman–Crippen LogP) is 3.97. The molecule has 120 valence electrons. The summed E-state index contributed by atoms with van der Waals surface area (Å²) in [5.41, 5.74) is 10.3. The number of nitrogens with one attached hydrogen (secondary N) is 2. The van der Waals surface area contributed by atoms with Crippen LogP contribution in [0.5, 0.6) is 0 Å². The van der Waals surface area contributed by atoms with E-state index < -0.39 is 0 Å². The Morgan fingerprint density at radius 2 is 1.71 bits per heavy atom. The first-order valence-electron chi connectivity index (χ1n) is 7.57. The summed E-state index contributed by atoms with van der Waals surface area (Å²) in [7, 11) is 0. The third-order valence-corrected chi connectivity index (χ3v) is 3.45. The molecule has 4 N–H and O–H groups in total. The maximum absolute atomic E-state index is 12.3. The first kappa shape index (κ1) is 15.6. The lowest BCUT2D eigenvalue weighted by Crippen LogP contribution is -2.12. The first-order chi connectivity index (χ1) is 11.6. The highest BCUT2D eigenvalue weighted by Gasteiger charge is 2.06. The van der Waals surface area contributed by atoms with E-state index in [4.69, 9.17) is 5.73 Å². The molecule has 1 heterocycles. The quantitative estimate of drug-likeness (QED) is 0.636. The number of hydrogen-bond donors (Lipinski definition) is 3. The van der Waals surface area contributed by atoms with Crippen LogP contribution in [0.2, 0.25) is 0 Å². The van der Waals surface area contributed by atoms with Crippen molar-refractivity contribution in [1.29, 1.82) is 0 Å². The molecule has 0 saturated heterocycles. The third-order valence-electron chi connectivity index (χ3n) is 3.45. The number of aromatic nitrogens is 1. The van der Waals surface area contributed by atoms with Crippen molar-refractivity contribution < 1.29 is 4.79 Å². The molecule has 5 nitrogen and oxygen atoms in total. The molecule has 2 aromatic carbocycles. The summed E-state index contributed by atoms with van der Waals surface area (Å²) in [6, 6.07) is 18.3. The summed E-state index contributed by atoms with van der Waals surface area (Å²) in [4.78, 5) is 16.5. The van der Waals surface area contributed by atoms with Gasteiger partial charge in [0.05, 0.1) is 0 Å². The SMILES string of the molecule is Cc1cc(Nc2cccc(NC(=O)c3cccc(N)c3)c2)ccn1. The number of benzene rings is 2. The van der Waals surface area contributed by atoms with E-state index in [2.05, 4.69) is 15.6 Å². The van der Waals surface area contributed by atoms with E-state index in [1.807, 2.05) is 43.3 Å². The molecule has 1 aromatic heterocycles. The second-order valence-corrected chi connectivity index (χ2v) is 5.47. The number of carbonyl (C=O) groups excluding carboxylic acids is 1. The molecule has 0 spiro atoms. The Kier molecular flexibility index (Phi) is 4.43. The van der Waals surface area contributed by atoms with Crippen LogP contribution in [-0.4, -0.2) is 10.9 Å². The van der Waals surface area contributed by atoms with E-state index in [1.54, 1.807) is 30.5 Å². The second-order valence-electron chi connectivity index (χ2n) is 5.47. The fraction of sp³-hybridized carbons (Fsp3) is 0.0526. The lowest BCUT2D eigenvalue weighted by Gasteiger charge is -2.10. The Bertz CT molecular complexity index is 877. The zero-order valence-corrected chi connectivity index (χ0v) is 13.3. The van der Waals surface area contributed by atoms with Gasteiger partial charge >= 0.3 is 0 Å². The predicted molar refractivity (Wildman–Crippen MR) is 97.5 cm³/mol. The van der Waals surface area contributed by atoms with Crippen molar-refractivity contribution in [2.75, 3.05) is 16.4 Å². The number of aryl methyl sites for hydroxylation is 1. The lowest BCUT2D eigenvalue weighted by atomic mass is 10.2. The highest BCUT2D eigenvalue weighted by atomic mass is 16.1. The van der Waals surface area contributed by atoms with Crippen molar-refractivity contribution in [3.63, 3.8) is 0 Å². The maximum atomic E-state index is 12.3. The molecule has 1 amide bonds. The average Bonchev–Trinajstić information content (AvgIpc) is 2.55. The minimum atomic E-state index is -0.195. The van der Waals surface area contributed by atoms with Gasteiger partial charge < -0.3 is 16.4 Å². The largest absolute Gasteiger partial charge is 0.399 e. The standard InChI is InChI=1S/C19H18N4O/c1-13-10-18(8-9-21-13)22-16-6-3-7-17(12-16)23-19(24)14-4-2-5-15(20)11-14/h2-12H,20H2,1H3,(H,21,22)(H,23,24). The molecule has 5 heteroatoms. The van der Waals surface area contributed by atoms with Crippen LogP contribution in [0.3, 0.4) is 0 Å². The zero-order chi connectivity index (χ0) is 16.9. The van der Waals surface area contributed by atoms with Gasteiger partial charge in [0, 0.05) is 40.2 Å². The van der Waals surface area contributed by atoms with Crippen LogP contribution >= 0.6 is 0 Å². The molecule has 0 unspecified atom stereocenters. The van der Waals surface area contributed by atoms with Crippen molar-refractivity contribution in [1.82, 2.24) is 4.98 Å². The molecule has 24 heavy (non-hydrogen) atoms. The molecule has 0 aliphatic rings. The van der Waals surface area contributed by atoms with Crippen molar-refractivity contribution in [3.05, 3.63) is 78.1 Å². The van der Waals surface area contributed by atoms with Gasteiger partial charge in [0.1, 0.15) is 0 Å². The second kappa shape index (κ2) is 6.83. The fourth-order valence-corrected chi connectivity index (χ4v) is 2.35. The van der Waals surface area contributed by atoms with Crippen LogP contribution in [-0.2, 0) is 0 Å². The van der Waals surface area contributed by atoms with Gasteiger partial charge in [0.15, 0.2) is 0 Å². The van der Waals surface area contributed by atoms with Gasteiger partial charge in [0.2, 0.25) is 0 Å². The number of carbonyl (C=O) groups is 1. The lowest BCUT2D eigenvalue weighted by molar-refractivity contribution is 0.102. The smallest absolute Gasteiger partial charge is 0.255 e. The number of nitrogens with two attached hydrogens (primary N) is 1. The van der Waals surface area contributed by atoms with Gasteiger partial charge in [0.25, 0.3) is 5.91 Å². The minimum absolute atomic E-state index is 0.195. The molecule has 0 fully saturated rings. The number of amides is 1. The van der Waals surface area contributed by atoms with Crippen LogP contribution in [0.15, 0.2) is 66.9 Å². The monoisotopic (exact) mass is 318 g/mol. The topological polar surface area (TPSA) is 80.0 Å². The Hall–Kier alpha value is -3.34. The van der Waals surface area contributed by atoms with Crippen LogP contribution in [0.4, 0.5) is 22.7 Å². The number of hydrogen-bond acceptors (Lipinski definition) is 4. The summed E-state index contributed by atoms with van der Waals surface area (Å²) < 4.78 is 0. The van der Waals surface area contributed by atoms with Gasteiger partial charge in [-0.15, -0.1) is 0 Å². The molecule has 0 aliphatic carbocycles. The summed E-state index contributed by atoms with van der Waals surface area (Å²) in [6.45, 7) is 1.94. The normalized spacial score (nSPS) is 10.2. The molecule has 0 saturated carbocycles. The van der Waals surface area contributed by atoms with Gasteiger partial charge in [-0.25, -0.2) is 0 Å². The van der Waals surface area contributed by atoms with Crippen molar-refractivity contribution in [2.24, 2.45) is 0 Å². The minimum Gasteiger partial charge on any atom is -0.399 e. The molecule has 3 rings (SSSR count). The van der Waals surface area contributed by atoms with E-state index in [-0.39, 0.29) is 5.91 Å². The molecule has 0 atom stereocenters. The highest BCUT2D eigenvalue weighted by Crippen LogP contribution is 2.21. The van der Waals surface area contributed by atoms with E-state index in [0.29, 0.717) is 16.9 Å².